The highest BCUT2D eigenvalue weighted by atomic mass is 16.5. The number of ether oxygens (including phenoxy) is 2. The minimum atomic E-state index is 0.483. The van der Waals surface area contributed by atoms with Crippen LogP contribution in [0.4, 0.5) is 5.69 Å². The van der Waals surface area contributed by atoms with Gasteiger partial charge in [-0.2, -0.15) is 0 Å². The van der Waals surface area contributed by atoms with Gasteiger partial charge in [-0.15, -0.1) is 0 Å². The molecule has 0 saturated carbocycles. The third kappa shape index (κ3) is 3.07. The number of hydrogen-bond donors (Lipinski definition) is 1. The van der Waals surface area contributed by atoms with Crippen LogP contribution >= 0.6 is 0 Å². The fourth-order valence-electron chi connectivity index (χ4n) is 1.61. The molecule has 0 atom stereocenters. The SMILES string of the molecule is CCCOCCOc1ncnc2cc(N)ccc12. The van der Waals surface area contributed by atoms with Crippen molar-refractivity contribution in [3.05, 3.63) is 24.5 Å². The van der Waals surface area contributed by atoms with E-state index in [2.05, 4.69) is 16.9 Å². The maximum atomic E-state index is 5.71. The molecule has 0 spiro atoms. The second-order valence-electron chi connectivity index (χ2n) is 3.92. The molecule has 18 heavy (non-hydrogen) atoms. The molecule has 0 radical (unpaired) electrons. The molecule has 0 bridgehead atoms. The summed E-state index contributed by atoms with van der Waals surface area (Å²) >= 11 is 0. The van der Waals surface area contributed by atoms with E-state index in [4.69, 9.17) is 15.2 Å². The van der Waals surface area contributed by atoms with Crippen molar-refractivity contribution in [1.29, 1.82) is 0 Å². The van der Waals surface area contributed by atoms with Gasteiger partial charge in [0.05, 0.1) is 17.5 Å². The van der Waals surface area contributed by atoms with E-state index in [9.17, 15) is 0 Å². The van der Waals surface area contributed by atoms with Crippen molar-refractivity contribution < 1.29 is 9.47 Å². The van der Waals surface area contributed by atoms with Crippen molar-refractivity contribution in [3.8, 4) is 5.88 Å². The molecular weight excluding hydrogens is 230 g/mol. The summed E-state index contributed by atoms with van der Waals surface area (Å²) in [5.41, 5.74) is 7.17. The topological polar surface area (TPSA) is 70.3 Å². The molecule has 0 aliphatic carbocycles. The van der Waals surface area contributed by atoms with Gasteiger partial charge >= 0.3 is 0 Å². The molecule has 5 nitrogen and oxygen atoms in total. The van der Waals surface area contributed by atoms with E-state index in [1.165, 1.54) is 6.33 Å². The van der Waals surface area contributed by atoms with Gasteiger partial charge in [-0.25, -0.2) is 9.97 Å². The zero-order valence-electron chi connectivity index (χ0n) is 10.4. The van der Waals surface area contributed by atoms with Crippen LogP contribution in [0.3, 0.4) is 0 Å². The number of nitrogens with zero attached hydrogens (tertiary/aromatic N) is 2. The lowest BCUT2D eigenvalue weighted by Crippen LogP contribution is -2.08. The molecule has 2 aromatic rings. The molecule has 0 unspecified atom stereocenters. The van der Waals surface area contributed by atoms with Gasteiger partial charge in [0.15, 0.2) is 0 Å². The summed E-state index contributed by atoms with van der Waals surface area (Å²) in [6, 6.07) is 5.48. The van der Waals surface area contributed by atoms with E-state index in [0.717, 1.165) is 23.9 Å². The second-order valence-corrected chi connectivity index (χ2v) is 3.92. The maximum Gasteiger partial charge on any atom is 0.224 e. The fourth-order valence-corrected chi connectivity index (χ4v) is 1.61. The monoisotopic (exact) mass is 247 g/mol. The van der Waals surface area contributed by atoms with Crippen LogP contribution in [0.2, 0.25) is 0 Å². The van der Waals surface area contributed by atoms with E-state index in [1.807, 2.05) is 12.1 Å². The largest absolute Gasteiger partial charge is 0.475 e. The molecule has 0 fully saturated rings. The highest BCUT2D eigenvalue weighted by molar-refractivity contribution is 5.85. The first-order valence-corrected chi connectivity index (χ1v) is 6.02. The molecule has 1 heterocycles. The highest BCUT2D eigenvalue weighted by Crippen LogP contribution is 2.22. The number of hydrogen-bond acceptors (Lipinski definition) is 5. The van der Waals surface area contributed by atoms with Crippen molar-refractivity contribution in [2.75, 3.05) is 25.6 Å². The number of aromatic nitrogens is 2. The van der Waals surface area contributed by atoms with E-state index in [1.54, 1.807) is 6.07 Å². The van der Waals surface area contributed by atoms with Gasteiger partial charge in [-0.3, -0.25) is 0 Å². The smallest absolute Gasteiger partial charge is 0.224 e. The van der Waals surface area contributed by atoms with E-state index in [0.29, 0.717) is 24.8 Å². The minimum absolute atomic E-state index is 0.483. The summed E-state index contributed by atoms with van der Waals surface area (Å²) in [5.74, 6) is 0.570. The molecule has 5 heteroatoms. The fraction of sp³-hybridized carbons (Fsp3) is 0.385. The van der Waals surface area contributed by atoms with Gasteiger partial charge in [0.2, 0.25) is 5.88 Å². The minimum Gasteiger partial charge on any atom is -0.475 e. The molecular formula is C13H17N3O2. The van der Waals surface area contributed by atoms with Crippen molar-refractivity contribution in [1.82, 2.24) is 9.97 Å². The summed E-state index contributed by atoms with van der Waals surface area (Å²) in [6.45, 7) is 3.87. The Bertz CT molecular complexity index is 517. The van der Waals surface area contributed by atoms with Crippen molar-refractivity contribution in [2.45, 2.75) is 13.3 Å². The molecule has 0 saturated heterocycles. The molecule has 1 aromatic carbocycles. The van der Waals surface area contributed by atoms with Crippen molar-refractivity contribution in [3.63, 3.8) is 0 Å². The average Bonchev–Trinajstić information content (AvgIpc) is 2.38. The van der Waals surface area contributed by atoms with Gasteiger partial charge in [-0.05, 0) is 24.6 Å². The third-order valence-corrected chi connectivity index (χ3v) is 2.44. The standard InChI is InChI=1S/C13H17N3O2/c1-2-5-17-6-7-18-13-11-4-3-10(14)8-12(11)15-9-16-13/h3-4,8-9H,2,5-7,14H2,1H3. The first-order valence-electron chi connectivity index (χ1n) is 6.02. The van der Waals surface area contributed by atoms with Crippen LogP contribution in [-0.4, -0.2) is 29.8 Å². The first-order chi connectivity index (χ1) is 8.81. The molecule has 0 aliphatic rings. The van der Waals surface area contributed by atoms with Crippen molar-refractivity contribution in [2.24, 2.45) is 0 Å². The predicted octanol–water partition coefficient (Wildman–Crippen LogP) is 2.02. The molecule has 1 aromatic heterocycles. The zero-order chi connectivity index (χ0) is 12.8. The van der Waals surface area contributed by atoms with E-state index >= 15 is 0 Å². The Hall–Kier alpha value is -1.88. The van der Waals surface area contributed by atoms with Crippen LogP contribution in [0.1, 0.15) is 13.3 Å². The van der Waals surface area contributed by atoms with Crippen molar-refractivity contribution >= 4 is 16.6 Å². The van der Waals surface area contributed by atoms with Gasteiger partial charge in [0, 0.05) is 12.3 Å². The van der Waals surface area contributed by atoms with Gasteiger partial charge < -0.3 is 15.2 Å². The maximum absolute atomic E-state index is 5.71. The normalized spacial score (nSPS) is 10.7. The Balaban J connectivity index is 2.04. The summed E-state index contributed by atoms with van der Waals surface area (Å²) < 4.78 is 10.9. The zero-order valence-corrected chi connectivity index (χ0v) is 10.4. The van der Waals surface area contributed by atoms with Gasteiger partial charge in [-0.1, -0.05) is 6.92 Å². The summed E-state index contributed by atoms with van der Waals surface area (Å²) in [5, 5.41) is 0.863. The molecule has 2 N–H and O–H groups in total. The number of nitrogen functional groups attached to an aromatic ring is 1. The van der Waals surface area contributed by atoms with Crippen LogP contribution in [0.5, 0.6) is 5.88 Å². The lowest BCUT2D eigenvalue weighted by Gasteiger charge is -2.08. The Labute approximate surface area is 106 Å². The number of nitrogens with two attached hydrogens (primary N) is 1. The van der Waals surface area contributed by atoms with Crippen LogP contribution in [0, 0.1) is 0 Å². The second kappa shape index (κ2) is 6.16. The van der Waals surface area contributed by atoms with Gasteiger partial charge in [0.1, 0.15) is 12.9 Å². The first kappa shape index (κ1) is 12.6. The molecule has 0 aliphatic heterocycles. The summed E-state index contributed by atoms with van der Waals surface area (Å²) in [7, 11) is 0. The Morgan fingerprint density at radius 1 is 1.17 bits per heavy atom. The van der Waals surface area contributed by atoms with E-state index < -0.39 is 0 Å². The molecule has 0 amide bonds. The predicted molar refractivity (Wildman–Crippen MR) is 70.6 cm³/mol. The van der Waals surface area contributed by atoms with Crippen LogP contribution < -0.4 is 10.5 Å². The quantitative estimate of drug-likeness (QED) is 0.624. The van der Waals surface area contributed by atoms with Crippen LogP contribution in [-0.2, 0) is 4.74 Å². The Kier molecular flexibility index (Phi) is 4.30. The van der Waals surface area contributed by atoms with E-state index in [-0.39, 0.29) is 0 Å². The van der Waals surface area contributed by atoms with Gasteiger partial charge in [0.25, 0.3) is 0 Å². The number of benzene rings is 1. The average molecular weight is 247 g/mol. The lowest BCUT2D eigenvalue weighted by atomic mass is 10.2. The van der Waals surface area contributed by atoms with Crippen LogP contribution in [0.15, 0.2) is 24.5 Å². The highest BCUT2D eigenvalue weighted by Gasteiger charge is 2.04. The van der Waals surface area contributed by atoms with Crippen LogP contribution in [0.25, 0.3) is 10.9 Å². The molecule has 96 valence electrons. The number of rotatable bonds is 6. The molecule has 2 rings (SSSR count). The Morgan fingerprint density at radius 2 is 2.06 bits per heavy atom. The summed E-state index contributed by atoms with van der Waals surface area (Å²) in [4.78, 5) is 8.28. The number of anilines is 1. The number of fused-ring (bicyclic) bond motifs is 1. The Morgan fingerprint density at radius 3 is 2.89 bits per heavy atom. The third-order valence-electron chi connectivity index (χ3n) is 2.44. The summed E-state index contributed by atoms with van der Waals surface area (Å²) in [6.07, 6.45) is 2.49. The lowest BCUT2D eigenvalue weighted by molar-refractivity contribution is 0.0996.